The molecule has 193 valence electrons. The third-order valence-electron chi connectivity index (χ3n) is 4.32. The third kappa shape index (κ3) is 10.8. The molecule has 5 rings (SSSR count). The van der Waals surface area contributed by atoms with Crippen LogP contribution < -0.4 is 29.6 Å². The zero-order valence-electron chi connectivity index (χ0n) is 19.8. The van der Waals surface area contributed by atoms with Crippen LogP contribution in [-0.2, 0) is 31.7 Å². The second-order valence-electron chi connectivity index (χ2n) is 6.54. The van der Waals surface area contributed by atoms with Gasteiger partial charge in [0, 0.05) is 63.7 Å². The molecule has 36 heavy (non-hydrogen) atoms. The quantitative estimate of drug-likeness (QED) is 0.232. The maximum atomic E-state index is 4.87. The molecule has 0 aliphatic carbocycles. The molecule has 0 aliphatic rings. The fraction of sp³-hybridized carbons (Fsp3) is 0.125. The molecular formula is C24H25Cl3N7OOs-2. The van der Waals surface area contributed by atoms with E-state index in [-0.39, 0.29) is 24.8 Å². The van der Waals surface area contributed by atoms with Crippen molar-refractivity contribution in [2.24, 2.45) is 14.1 Å². The Morgan fingerprint density at radius 2 is 1.08 bits per heavy atom. The van der Waals surface area contributed by atoms with Gasteiger partial charge in [-0.05, 0) is 36.4 Å². The first-order chi connectivity index (χ1) is 16.7. The zero-order chi connectivity index (χ0) is 24.6. The van der Waals surface area contributed by atoms with Crippen molar-refractivity contribution in [2.45, 2.75) is 0 Å². The summed E-state index contributed by atoms with van der Waals surface area (Å²) in [6.07, 6.45) is 14.3. The predicted octanol–water partition coefficient (Wildman–Crippen LogP) is -1.25. The SMILES string of the molecule is COc1ccncc1.Cn1ccnc1-c1ccccn1.Cn1ccnc1-c1ccccn1.[Cl-].[Cl-].[Cl][Os]. The van der Waals surface area contributed by atoms with Gasteiger partial charge in [0.05, 0.1) is 7.11 Å². The first-order valence-corrected chi connectivity index (χ1v) is 13.2. The summed E-state index contributed by atoms with van der Waals surface area (Å²) >= 11 is 1.33. The summed E-state index contributed by atoms with van der Waals surface area (Å²) in [4.78, 5) is 20.6. The number of aromatic nitrogens is 7. The zero-order valence-corrected chi connectivity index (χ0v) is 24.6. The number of rotatable bonds is 3. The molecule has 0 bridgehead atoms. The number of halogens is 3. The van der Waals surface area contributed by atoms with Crippen LogP contribution in [0.3, 0.4) is 0 Å². The van der Waals surface area contributed by atoms with Crippen molar-refractivity contribution in [3.63, 3.8) is 0 Å². The molecule has 0 amide bonds. The van der Waals surface area contributed by atoms with Crippen molar-refractivity contribution < 1.29 is 47.1 Å². The molecule has 0 aromatic carbocycles. The fourth-order valence-corrected chi connectivity index (χ4v) is 2.69. The topological polar surface area (TPSA) is 83.5 Å². The number of hydrogen-bond donors (Lipinski definition) is 0. The van der Waals surface area contributed by atoms with E-state index in [1.165, 1.54) is 17.6 Å². The molecule has 5 aromatic heterocycles. The van der Waals surface area contributed by atoms with E-state index in [9.17, 15) is 0 Å². The van der Waals surface area contributed by atoms with Crippen LogP contribution in [0, 0.1) is 0 Å². The average molecular weight is 724 g/mol. The molecule has 12 heteroatoms. The van der Waals surface area contributed by atoms with Gasteiger partial charge in [0.2, 0.25) is 0 Å². The summed E-state index contributed by atoms with van der Waals surface area (Å²) in [5.41, 5.74) is 1.81. The molecule has 8 nitrogen and oxygen atoms in total. The van der Waals surface area contributed by atoms with Crippen LogP contribution in [0.1, 0.15) is 0 Å². The van der Waals surface area contributed by atoms with Crippen LogP contribution >= 0.6 is 9.64 Å². The summed E-state index contributed by atoms with van der Waals surface area (Å²) in [7, 11) is 10.2. The minimum atomic E-state index is 0. The van der Waals surface area contributed by atoms with Gasteiger partial charge < -0.3 is 38.7 Å². The van der Waals surface area contributed by atoms with E-state index >= 15 is 0 Å². The van der Waals surface area contributed by atoms with Crippen LogP contribution in [0.2, 0.25) is 0 Å². The number of pyridine rings is 3. The first-order valence-electron chi connectivity index (χ1n) is 10.0. The van der Waals surface area contributed by atoms with Crippen LogP contribution in [0.15, 0.2) is 98.1 Å². The number of imidazole rings is 2. The molecule has 5 heterocycles. The Bertz CT molecular complexity index is 1120. The Balaban J connectivity index is 0.000000489. The molecule has 0 aliphatic heterocycles. The number of methoxy groups -OCH3 is 1. The summed E-state index contributed by atoms with van der Waals surface area (Å²) in [6, 6.07) is 15.2. The summed E-state index contributed by atoms with van der Waals surface area (Å²) in [6.45, 7) is 0. The van der Waals surface area contributed by atoms with E-state index in [1.807, 2.05) is 72.0 Å². The number of aryl methyl sites for hydroxylation is 2. The predicted molar refractivity (Wildman–Crippen MR) is 130 cm³/mol. The minimum absolute atomic E-state index is 0. The monoisotopic (exact) mass is 724 g/mol. The number of nitrogens with zero attached hydrogens (tertiary/aromatic N) is 7. The normalized spacial score (nSPS) is 8.81. The number of ether oxygens (including phenoxy) is 1. The second-order valence-corrected chi connectivity index (χ2v) is 6.54. The molecule has 0 spiro atoms. The Kier molecular flexibility index (Phi) is 17.9. The Labute approximate surface area is 237 Å². The summed E-state index contributed by atoms with van der Waals surface area (Å²) in [5.74, 6) is 2.64. The third-order valence-corrected chi connectivity index (χ3v) is 4.32. The van der Waals surface area contributed by atoms with Crippen molar-refractivity contribution in [3.8, 4) is 28.8 Å². The van der Waals surface area contributed by atoms with Gasteiger partial charge in [-0.2, -0.15) is 0 Å². The van der Waals surface area contributed by atoms with Gasteiger partial charge >= 0.3 is 27.2 Å². The Morgan fingerprint density at radius 3 is 1.36 bits per heavy atom. The second kappa shape index (κ2) is 19.4. The van der Waals surface area contributed by atoms with Crippen molar-refractivity contribution in [3.05, 3.63) is 98.1 Å². The average Bonchev–Trinajstić information content (AvgIpc) is 3.55. The molecule has 0 fully saturated rings. The van der Waals surface area contributed by atoms with Crippen LogP contribution in [0.25, 0.3) is 23.0 Å². The van der Waals surface area contributed by atoms with Gasteiger partial charge in [0.25, 0.3) is 0 Å². The van der Waals surface area contributed by atoms with E-state index in [0.29, 0.717) is 0 Å². The molecule has 0 saturated heterocycles. The van der Waals surface area contributed by atoms with Gasteiger partial charge in [-0.3, -0.25) is 15.0 Å². The van der Waals surface area contributed by atoms with Crippen molar-refractivity contribution in [2.75, 3.05) is 7.11 Å². The molecule has 0 N–H and O–H groups in total. The van der Waals surface area contributed by atoms with Gasteiger partial charge in [0.1, 0.15) is 17.1 Å². The van der Waals surface area contributed by atoms with Gasteiger partial charge in [-0.15, -0.1) is 0 Å². The van der Waals surface area contributed by atoms with E-state index in [0.717, 1.165) is 28.8 Å². The van der Waals surface area contributed by atoms with Gasteiger partial charge in [-0.25, -0.2) is 9.97 Å². The molecule has 0 unspecified atom stereocenters. The fourth-order valence-electron chi connectivity index (χ4n) is 2.69. The Hall–Kier alpha value is -2.82. The maximum absolute atomic E-state index is 4.87. The van der Waals surface area contributed by atoms with Crippen LogP contribution in [0.4, 0.5) is 0 Å². The van der Waals surface area contributed by atoms with Crippen molar-refractivity contribution >= 4 is 9.64 Å². The van der Waals surface area contributed by atoms with Crippen LogP contribution in [-0.4, -0.2) is 41.2 Å². The van der Waals surface area contributed by atoms with Crippen LogP contribution in [0.5, 0.6) is 5.75 Å². The van der Waals surface area contributed by atoms with E-state index in [4.69, 9.17) is 4.74 Å². The number of hydrogen-bond acceptors (Lipinski definition) is 6. The van der Waals surface area contributed by atoms with Gasteiger partial charge in [-0.1, -0.05) is 12.1 Å². The Morgan fingerprint density at radius 1 is 0.639 bits per heavy atom. The first kappa shape index (κ1) is 33.2. The molecule has 0 saturated carbocycles. The van der Waals surface area contributed by atoms with E-state index in [1.54, 1.807) is 56.4 Å². The molecule has 0 atom stereocenters. The molecule has 0 radical (unpaired) electrons. The van der Waals surface area contributed by atoms with E-state index in [2.05, 4.69) is 34.6 Å². The van der Waals surface area contributed by atoms with Gasteiger partial charge in [0.15, 0.2) is 11.6 Å². The molecular weight excluding hydrogens is 699 g/mol. The van der Waals surface area contributed by atoms with Crippen molar-refractivity contribution in [1.82, 2.24) is 34.1 Å². The van der Waals surface area contributed by atoms with E-state index < -0.39 is 0 Å². The van der Waals surface area contributed by atoms with Crippen molar-refractivity contribution in [1.29, 1.82) is 0 Å². The standard InChI is InChI=1S/2C9H9N3.C6H7NO.3ClH.Os/c2*1-12-7-6-11-9(12)8-4-2-3-5-10-8;1-8-6-2-4-7-5-3-6;;;;/h2*2-7H,1H3;2-5H,1H3;3*1H;/q;;;;;;+1/p-3. The molecule has 5 aromatic rings. The summed E-state index contributed by atoms with van der Waals surface area (Å²) < 4.78 is 8.77. The summed E-state index contributed by atoms with van der Waals surface area (Å²) in [5, 5.41) is 0.